The molecule has 1 aromatic heterocycles. The summed E-state index contributed by atoms with van der Waals surface area (Å²) in [5.74, 6) is -0.233. The lowest BCUT2D eigenvalue weighted by Crippen LogP contribution is -2.36. The van der Waals surface area contributed by atoms with Crippen molar-refractivity contribution in [2.75, 3.05) is 40.9 Å². The van der Waals surface area contributed by atoms with E-state index in [4.69, 9.17) is 9.47 Å². The SMILES string of the molecule is CCCCCOc1ccc(C2C(C(=O)c3cccs3)=C(O)C(=O)N2CCN(C)C)cc1OC. The van der Waals surface area contributed by atoms with Crippen molar-refractivity contribution in [3.8, 4) is 11.5 Å². The smallest absolute Gasteiger partial charge is 0.290 e. The number of ketones is 1. The second-order valence-corrected chi connectivity index (χ2v) is 9.19. The number of methoxy groups -OCH3 is 1. The Morgan fingerprint density at radius 1 is 1.21 bits per heavy atom. The molecule has 0 saturated carbocycles. The molecule has 2 aromatic rings. The highest BCUT2D eigenvalue weighted by Crippen LogP contribution is 2.42. The van der Waals surface area contributed by atoms with Gasteiger partial charge in [-0.1, -0.05) is 31.9 Å². The van der Waals surface area contributed by atoms with E-state index in [0.29, 0.717) is 41.6 Å². The summed E-state index contributed by atoms with van der Waals surface area (Å²) < 4.78 is 11.4. The van der Waals surface area contributed by atoms with Crippen molar-refractivity contribution in [2.24, 2.45) is 0 Å². The predicted octanol–water partition coefficient (Wildman–Crippen LogP) is 4.47. The van der Waals surface area contributed by atoms with Crippen LogP contribution in [0.1, 0.15) is 47.5 Å². The van der Waals surface area contributed by atoms with Crippen molar-refractivity contribution < 1.29 is 24.2 Å². The van der Waals surface area contributed by atoms with Crippen LogP contribution < -0.4 is 9.47 Å². The highest BCUT2D eigenvalue weighted by atomic mass is 32.1. The molecular weight excluding hydrogens is 440 g/mol. The standard InChI is InChI=1S/C25H32N2O5S/c1-5-6-7-14-32-18-11-10-17(16-19(18)31-4)22-21(23(28)20-9-8-15-33-20)24(29)25(30)27(22)13-12-26(2)3/h8-11,15-16,22,29H,5-7,12-14H2,1-4H3. The lowest BCUT2D eigenvalue weighted by Gasteiger charge is -2.28. The van der Waals surface area contributed by atoms with Gasteiger partial charge in [-0.2, -0.15) is 0 Å². The van der Waals surface area contributed by atoms with Gasteiger partial charge in [0.25, 0.3) is 5.91 Å². The van der Waals surface area contributed by atoms with Gasteiger partial charge < -0.3 is 24.4 Å². The van der Waals surface area contributed by atoms with Crippen molar-refractivity contribution in [3.05, 3.63) is 57.5 Å². The Hall–Kier alpha value is -2.84. The molecule has 1 amide bonds. The van der Waals surface area contributed by atoms with Crippen LogP contribution in [0.4, 0.5) is 0 Å². The minimum absolute atomic E-state index is 0.0971. The Kier molecular flexibility index (Phi) is 8.52. The molecule has 33 heavy (non-hydrogen) atoms. The third kappa shape index (κ3) is 5.57. The number of rotatable bonds is 12. The number of aliphatic hydroxyl groups excluding tert-OH is 1. The van der Waals surface area contributed by atoms with Gasteiger partial charge in [0, 0.05) is 13.1 Å². The number of carbonyl (C=O) groups is 2. The van der Waals surface area contributed by atoms with E-state index in [2.05, 4.69) is 6.92 Å². The number of thiophene rings is 1. The minimum Gasteiger partial charge on any atom is -0.503 e. The van der Waals surface area contributed by atoms with Crippen LogP contribution in [-0.2, 0) is 4.79 Å². The summed E-state index contributed by atoms with van der Waals surface area (Å²) in [7, 11) is 5.38. The van der Waals surface area contributed by atoms with E-state index in [9.17, 15) is 14.7 Å². The van der Waals surface area contributed by atoms with Crippen molar-refractivity contribution in [1.82, 2.24) is 9.80 Å². The number of hydrogen-bond acceptors (Lipinski definition) is 7. The van der Waals surface area contributed by atoms with Gasteiger partial charge in [-0.05, 0) is 49.7 Å². The summed E-state index contributed by atoms with van der Waals surface area (Å²) in [6, 6.07) is 8.19. The van der Waals surface area contributed by atoms with Crippen LogP contribution in [0.5, 0.6) is 11.5 Å². The fourth-order valence-electron chi connectivity index (χ4n) is 3.82. The third-order valence-corrected chi connectivity index (χ3v) is 6.46. The zero-order valence-corrected chi connectivity index (χ0v) is 20.5. The summed E-state index contributed by atoms with van der Waals surface area (Å²) in [6.45, 7) is 3.67. The Morgan fingerprint density at radius 2 is 2.00 bits per heavy atom. The number of hydrogen-bond donors (Lipinski definition) is 1. The summed E-state index contributed by atoms with van der Waals surface area (Å²) in [4.78, 5) is 30.3. The first-order chi connectivity index (χ1) is 15.9. The van der Waals surface area contributed by atoms with Crippen LogP contribution in [0, 0.1) is 0 Å². The first kappa shape index (κ1) is 24.8. The van der Waals surface area contributed by atoms with Crippen molar-refractivity contribution in [3.63, 3.8) is 0 Å². The molecule has 0 radical (unpaired) electrons. The molecule has 1 unspecified atom stereocenters. The lowest BCUT2D eigenvalue weighted by molar-refractivity contribution is -0.129. The van der Waals surface area contributed by atoms with Crippen molar-refractivity contribution in [1.29, 1.82) is 0 Å². The highest BCUT2D eigenvalue weighted by molar-refractivity contribution is 7.12. The summed E-state index contributed by atoms with van der Waals surface area (Å²) in [5.41, 5.74) is 0.781. The Morgan fingerprint density at radius 3 is 2.64 bits per heavy atom. The number of benzene rings is 1. The van der Waals surface area contributed by atoms with E-state index in [0.717, 1.165) is 19.3 Å². The molecule has 0 spiro atoms. The molecule has 3 rings (SSSR count). The van der Waals surface area contributed by atoms with Crippen LogP contribution in [0.3, 0.4) is 0 Å². The number of amides is 1. The van der Waals surface area contributed by atoms with Gasteiger partial charge in [0.05, 0.1) is 30.2 Å². The summed E-state index contributed by atoms with van der Waals surface area (Å²) in [6.07, 6.45) is 3.14. The van der Waals surface area contributed by atoms with Crippen LogP contribution in [0.15, 0.2) is 47.0 Å². The molecular formula is C25H32N2O5S. The summed E-state index contributed by atoms with van der Waals surface area (Å²) >= 11 is 1.28. The molecule has 1 aliphatic rings. The molecule has 0 fully saturated rings. The number of likely N-dealkylation sites (N-methyl/N-ethyl adjacent to an activating group) is 1. The number of nitrogens with zero attached hydrogens (tertiary/aromatic N) is 2. The van der Waals surface area contributed by atoms with Gasteiger partial charge in [-0.15, -0.1) is 11.3 Å². The van der Waals surface area contributed by atoms with Crippen molar-refractivity contribution in [2.45, 2.75) is 32.2 Å². The van der Waals surface area contributed by atoms with Gasteiger partial charge in [0.1, 0.15) is 0 Å². The Bertz CT molecular complexity index is 1000. The maximum Gasteiger partial charge on any atom is 0.290 e. The van der Waals surface area contributed by atoms with E-state index < -0.39 is 17.7 Å². The van der Waals surface area contributed by atoms with E-state index in [-0.39, 0.29) is 11.4 Å². The predicted molar refractivity (Wildman–Crippen MR) is 129 cm³/mol. The van der Waals surface area contributed by atoms with E-state index in [1.54, 1.807) is 41.7 Å². The van der Waals surface area contributed by atoms with Crippen LogP contribution in [-0.4, -0.2) is 67.5 Å². The fraction of sp³-hybridized carbons (Fsp3) is 0.440. The Balaban J connectivity index is 1.98. The fourth-order valence-corrected chi connectivity index (χ4v) is 4.50. The zero-order valence-electron chi connectivity index (χ0n) is 19.7. The Labute approximate surface area is 199 Å². The largest absolute Gasteiger partial charge is 0.503 e. The minimum atomic E-state index is -0.713. The van der Waals surface area contributed by atoms with Crippen molar-refractivity contribution >= 4 is 23.0 Å². The molecule has 1 aromatic carbocycles. The molecule has 0 saturated heterocycles. The highest BCUT2D eigenvalue weighted by Gasteiger charge is 2.44. The number of unbranched alkanes of at least 4 members (excludes halogenated alkanes) is 2. The first-order valence-corrected chi connectivity index (χ1v) is 12.0. The molecule has 2 heterocycles. The molecule has 7 nitrogen and oxygen atoms in total. The first-order valence-electron chi connectivity index (χ1n) is 11.2. The van der Waals surface area contributed by atoms with E-state index in [1.807, 2.05) is 25.1 Å². The van der Waals surface area contributed by atoms with Gasteiger partial charge in [0.15, 0.2) is 17.3 Å². The lowest BCUT2D eigenvalue weighted by atomic mass is 9.95. The molecule has 0 bridgehead atoms. The number of Topliss-reactive ketones (excluding diaryl/α,β-unsaturated/α-hetero) is 1. The second kappa shape index (κ2) is 11.3. The van der Waals surface area contributed by atoms with Gasteiger partial charge in [0.2, 0.25) is 5.78 Å². The second-order valence-electron chi connectivity index (χ2n) is 8.24. The molecule has 178 valence electrons. The monoisotopic (exact) mass is 472 g/mol. The quantitative estimate of drug-likeness (QED) is 0.363. The van der Waals surface area contributed by atoms with Gasteiger partial charge >= 0.3 is 0 Å². The zero-order chi connectivity index (χ0) is 24.0. The van der Waals surface area contributed by atoms with Gasteiger partial charge in [-0.25, -0.2) is 0 Å². The molecule has 8 heteroatoms. The number of ether oxygens (including phenoxy) is 2. The van der Waals surface area contributed by atoms with E-state index in [1.165, 1.54) is 11.3 Å². The van der Waals surface area contributed by atoms with E-state index >= 15 is 0 Å². The molecule has 0 aliphatic carbocycles. The van der Waals surface area contributed by atoms with Gasteiger partial charge in [-0.3, -0.25) is 9.59 Å². The van der Waals surface area contributed by atoms with Crippen LogP contribution in [0.25, 0.3) is 0 Å². The maximum absolute atomic E-state index is 13.3. The average molecular weight is 473 g/mol. The van der Waals surface area contributed by atoms with Crippen LogP contribution >= 0.6 is 11.3 Å². The molecule has 1 N–H and O–H groups in total. The average Bonchev–Trinajstić information content (AvgIpc) is 3.43. The maximum atomic E-state index is 13.3. The number of carbonyl (C=O) groups excluding carboxylic acids is 2. The van der Waals surface area contributed by atoms with Crippen LogP contribution in [0.2, 0.25) is 0 Å². The normalized spacial score (nSPS) is 16.1. The molecule has 1 aliphatic heterocycles. The third-order valence-electron chi connectivity index (χ3n) is 5.59. The topological polar surface area (TPSA) is 79.3 Å². The molecule has 1 atom stereocenters. The number of aliphatic hydroxyl groups is 1. The summed E-state index contributed by atoms with van der Waals surface area (Å²) in [5, 5.41) is 12.5.